The van der Waals surface area contributed by atoms with Gasteiger partial charge in [0.2, 0.25) is 10.0 Å². The van der Waals surface area contributed by atoms with Crippen molar-refractivity contribution in [1.29, 1.82) is 0 Å². The van der Waals surface area contributed by atoms with Gasteiger partial charge in [-0.05, 0) is 42.6 Å². The number of hydrogen-bond donors (Lipinski definition) is 2. The molecule has 0 saturated heterocycles. The van der Waals surface area contributed by atoms with Crippen LogP contribution in [0.5, 0.6) is 0 Å². The first-order chi connectivity index (χ1) is 10.0. The largest absolute Gasteiger partial charge is 0.313 e. The quantitative estimate of drug-likeness (QED) is 0.817. The van der Waals surface area contributed by atoms with Crippen LogP contribution >= 0.6 is 11.3 Å². The molecule has 2 N–H and O–H groups in total. The van der Waals surface area contributed by atoms with E-state index in [1.807, 2.05) is 31.4 Å². The monoisotopic (exact) mass is 325 g/mol. The van der Waals surface area contributed by atoms with Crippen molar-refractivity contribution in [1.82, 2.24) is 15.0 Å². The molecule has 0 bridgehead atoms. The molecule has 21 heavy (non-hydrogen) atoms. The Hall–Kier alpha value is -1.28. The Balaban J connectivity index is 2.02. The van der Waals surface area contributed by atoms with Crippen molar-refractivity contribution in [3.63, 3.8) is 0 Å². The van der Waals surface area contributed by atoms with Crippen molar-refractivity contribution in [2.75, 3.05) is 6.54 Å². The van der Waals surface area contributed by atoms with Crippen LogP contribution in [-0.4, -0.2) is 19.9 Å². The summed E-state index contributed by atoms with van der Waals surface area (Å²) in [5.41, 5.74) is 2.56. The van der Waals surface area contributed by atoms with Gasteiger partial charge >= 0.3 is 0 Å². The van der Waals surface area contributed by atoms with Crippen LogP contribution < -0.4 is 10.0 Å². The number of aromatic nitrogens is 1. The summed E-state index contributed by atoms with van der Waals surface area (Å²) in [6.45, 7) is 5.63. The second kappa shape index (κ2) is 7.13. The van der Waals surface area contributed by atoms with E-state index < -0.39 is 10.0 Å². The zero-order chi connectivity index (χ0) is 15.3. The van der Waals surface area contributed by atoms with Gasteiger partial charge < -0.3 is 5.32 Å². The predicted molar refractivity (Wildman–Crippen MR) is 84.7 cm³/mol. The Labute approximate surface area is 129 Å². The summed E-state index contributed by atoms with van der Waals surface area (Å²) < 4.78 is 27.4. The minimum Gasteiger partial charge on any atom is -0.313 e. The van der Waals surface area contributed by atoms with E-state index in [2.05, 4.69) is 15.0 Å². The molecular weight excluding hydrogens is 306 g/mol. The first kappa shape index (κ1) is 16.1. The summed E-state index contributed by atoms with van der Waals surface area (Å²) in [5, 5.41) is 5.04. The highest BCUT2D eigenvalue weighted by molar-refractivity contribution is 7.91. The fraction of sp³-hybridized carbons (Fsp3) is 0.357. The highest BCUT2D eigenvalue weighted by Crippen LogP contribution is 2.20. The molecule has 5 nitrogen and oxygen atoms in total. The van der Waals surface area contributed by atoms with Crippen molar-refractivity contribution in [2.24, 2.45) is 0 Å². The molecular formula is C14H19N3O2S2. The molecule has 0 fully saturated rings. The topological polar surface area (TPSA) is 71.1 Å². The van der Waals surface area contributed by atoms with Crippen molar-refractivity contribution in [2.45, 2.75) is 31.1 Å². The molecule has 2 aromatic rings. The van der Waals surface area contributed by atoms with Gasteiger partial charge in [-0.3, -0.25) is 4.98 Å². The third-order valence-corrected chi connectivity index (χ3v) is 5.75. The van der Waals surface area contributed by atoms with Gasteiger partial charge in [0, 0.05) is 12.2 Å². The second-order valence-corrected chi connectivity index (χ2v) is 7.55. The average Bonchev–Trinajstić information content (AvgIpc) is 2.93. The lowest BCUT2D eigenvalue weighted by atomic mass is 10.3. The summed E-state index contributed by atoms with van der Waals surface area (Å²) >= 11 is 1.23. The highest BCUT2D eigenvalue weighted by Gasteiger charge is 2.16. The van der Waals surface area contributed by atoms with Gasteiger partial charge in [-0.25, -0.2) is 13.1 Å². The third-order valence-electron chi connectivity index (χ3n) is 2.86. The average molecular weight is 325 g/mol. The van der Waals surface area contributed by atoms with Crippen molar-refractivity contribution in [3.8, 4) is 0 Å². The van der Waals surface area contributed by atoms with E-state index >= 15 is 0 Å². The molecule has 0 amide bonds. The Kier molecular flexibility index (Phi) is 5.46. The number of rotatable bonds is 7. The van der Waals surface area contributed by atoms with Crippen LogP contribution in [0.2, 0.25) is 0 Å². The number of nitrogens with one attached hydrogen (secondary N) is 2. The Morgan fingerprint density at radius 2 is 2.10 bits per heavy atom. The van der Waals surface area contributed by atoms with E-state index in [1.54, 1.807) is 12.1 Å². The number of nitrogens with zero attached hydrogens (tertiary/aromatic N) is 1. The van der Waals surface area contributed by atoms with Gasteiger partial charge in [-0.2, -0.15) is 0 Å². The van der Waals surface area contributed by atoms with Crippen LogP contribution in [0.4, 0.5) is 0 Å². The lowest BCUT2D eigenvalue weighted by molar-refractivity contribution is 0.582. The lowest BCUT2D eigenvalue weighted by Crippen LogP contribution is -2.23. The van der Waals surface area contributed by atoms with E-state index in [0.717, 1.165) is 17.8 Å². The van der Waals surface area contributed by atoms with Crippen molar-refractivity contribution < 1.29 is 8.42 Å². The smallest absolute Gasteiger partial charge is 0.250 e. The molecule has 0 spiro atoms. The van der Waals surface area contributed by atoms with Crippen LogP contribution in [0.3, 0.4) is 0 Å². The normalized spacial score (nSPS) is 11.7. The first-order valence-corrected chi connectivity index (χ1v) is 9.08. The van der Waals surface area contributed by atoms with Crippen LogP contribution in [0, 0.1) is 6.92 Å². The summed E-state index contributed by atoms with van der Waals surface area (Å²) in [6.07, 6.45) is 0. The zero-order valence-electron chi connectivity index (χ0n) is 12.1. The molecule has 0 unspecified atom stereocenters. The van der Waals surface area contributed by atoms with Gasteiger partial charge in [0.05, 0.1) is 12.2 Å². The van der Waals surface area contributed by atoms with Gasteiger partial charge in [0.1, 0.15) is 4.21 Å². The maximum Gasteiger partial charge on any atom is 0.250 e. The van der Waals surface area contributed by atoms with Crippen LogP contribution in [0.1, 0.15) is 23.9 Å². The van der Waals surface area contributed by atoms with E-state index in [-0.39, 0.29) is 6.54 Å². The Morgan fingerprint density at radius 1 is 1.29 bits per heavy atom. The van der Waals surface area contributed by atoms with Crippen molar-refractivity contribution in [3.05, 3.63) is 46.6 Å². The Morgan fingerprint density at radius 3 is 2.81 bits per heavy atom. The molecule has 2 aromatic heterocycles. The molecule has 0 aromatic carbocycles. The van der Waals surface area contributed by atoms with E-state index in [1.165, 1.54) is 11.3 Å². The molecule has 7 heteroatoms. The van der Waals surface area contributed by atoms with Crippen molar-refractivity contribution >= 4 is 21.4 Å². The second-order valence-electron chi connectivity index (χ2n) is 4.65. The predicted octanol–water partition coefficient (Wildman–Crippen LogP) is 2.04. The lowest BCUT2D eigenvalue weighted by Gasteiger charge is -2.05. The summed E-state index contributed by atoms with van der Waals surface area (Å²) in [7, 11) is -3.47. The summed E-state index contributed by atoms with van der Waals surface area (Å²) in [4.78, 5) is 4.28. The van der Waals surface area contributed by atoms with E-state index in [9.17, 15) is 8.42 Å². The van der Waals surface area contributed by atoms with Gasteiger partial charge in [0.15, 0.2) is 0 Å². The number of aryl methyl sites for hydroxylation is 1. The molecule has 0 aliphatic heterocycles. The molecule has 2 rings (SSSR count). The number of pyridine rings is 1. The minimum absolute atomic E-state index is 0.199. The summed E-state index contributed by atoms with van der Waals surface area (Å²) in [6, 6.07) is 7.26. The van der Waals surface area contributed by atoms with Crippen LogP contribution in [0.15, 0.2) is 33.9 Å². The van der Waals surface area contributed by atoms with Crippen LogP contribution in [-0.2, 0) is 23.1 Å². The molecule has 0 aliphatic rings. The van der Waals surface area contributed by atoms with Gasteiger partial charge in [-0.15, -0.1) is 11.3 Å². The minimum atomic E-state index is -3.47. The zero-order valence-corrected chi connectivity index (χ0v) is 13.7. The van der Waals surface area contributed by atoms with Gasteiger partial charge in [-0.1, -0.05) is 13.0 Å². The maximum atomic E-state index is 12.2. The molecule has 0 atom stereocenters. The summed E-state index contributed by atoms with van der Waals surface area (Å²) in [5.74, 6) is 0. The third kappa shape index (κ3) is 4.60. The number of sulfonamides is 1. The van der Waals surface area contributed by atoms with Gasteiger partial charge in [0.25, 0.3) is 0 Å². The highest BCUT2D eigenvalue weighted by atomic mass is 32.2. The van der Waals surface area contributed by atoms with E-state index in [0.29, 0.717) is 16.4 Å². The van der Waals surface area contributed by atoms with Crippen LogP contribution in [0.25, 0.3) is 0 Å². The molecule has 114 valence electrons. The maximum absolute atomic E-state index is 12.2. The molecule has 2 heterocycles. The molecule has 0 radical (unpaired) electrons. The molecule has 0 saturated carbocycles. The molecule has 0 aliphatic carbocycles. The SMILES string of the molecule is CCNCc1csc(S(=O)(=O)NCc2cccc(C)n2)c1. The van der Waals surface area contributed by atoms with E-state index in [4.69, 9.17) is 0 Å². The first-order valence-electron chi connectivity index (χ1n) is 6.71. The Bertz CT molecular complexity index is 696. The standard InChI is InChI=1S/C14H19N3O2S2/c1-3-15-8-12-7-14(20-10-12)21(18,19)16-9-13-6-4-5-11(2)17-13/h4-7,10,15-16H,3,8-9H2,1-2H3. The number of hydrogen-bond acceptors (Lipinski definition) is 5. The number of thiophene rings is 1. The fourth-order valence-corrected chi connectivity index (χ4v) is 4.05. The fourth-order valence-electron chi connectivity index (χ4n) is 1.79.